The molecular weight excluding hydrogens is 140 g/mol. The van der Waals surface area contributed by atoms with Gasteiger partial charge in [0, 0.05) is 0 Å². The largest absolute Gasteiger partial charge is 0.434 e. The van der Waals surface area contributed by atoms with Crippen molar-refractivity contribution in [2.75, 3.05) is 0 Å². The van der Waals surface area contributed by atoms with E-state index in [4.69, 9.17) is 4.74 Å². The van der Waals surface area contributed by atoms with Crippen LogP contribution in [0.3, 0.4) is 0 Å². The molecule has 1 aliphatic carbocycles. The van der Waals surface area contributed by atoms with E-state index in [0.29, 0.717) is 5.92 Å². The van der Waals surface area contributed by atoms with Gasteiger partial charge in [-0.25, -0.2) is 0 Å². The Morgan fingerprint density at radius 1 is 1.45 bits per heavy atom. The quantitative estimate of drug-likeness (QED) is 0.495. The summed E-state index contributed by atoms with van der Waals surface area (Å²) in [5.41, 5.74) is 1.24. The molecule has 2 unspecified atom stereocenters. The zero-order chi connectivity index (χ0) is 7.84. The van der Waals surface area contributed by atoms with E-state index in [9.17, 15) is 4.79 Å². The third kappa shape index (κ3) is 0.971. The molecule has 1 saturated carbocycles. The van der Waals surface area contributed by atoms with Gasteiger partial charge in [-0.05, 0) is 31.3 Å². The lowest BCUT2D eigenvalue weighted by Gasteiger charge is -2.22. The van der Waals surface area contributed by atoms with Crippen LogP contribution in [-0.4, -0.2) is 5.97 Å². The molecule has 0 aromatic carbocycles. The molecular formula is C9H12O2. The highest BCUT2D eigenvalue weighted by molar-refractivity contribution is 5.75. The topological polar surface area (TPSA) is 26.3 Å². The zero-order valence-electron chi connectivity index (χ0n) is 6.67. The molecule has 0 aromatic rings. The fraction of sp³-hybridized carbons (Fsp3) is 0.667. The Bertz CT molecular complexity index is 218. The summed E-state index contributed by atoms with van der Waals surface area (Å²) in [6.07, 6.45) is 4.99. The number of rotatable bonds is 0. The minimum Gasteiger partial charge on any atom is -0.434 e. The van der Waals surface area contributed by atoms with Crippen molar-refractivity contribution in [2.24, 2.45) is 11.8 Å². The molecule has 11 heavy (non-hydrogen) atoms. The summed E-state index contributed by atoms with van der Waals surface area (Å²) in [7, 11) is 0. The summed E-state index contributed by atoms with van der Waals surface area (Å²) in [5, 5.41) is 0. The fourth-order valence-corrected chi connectivity index (χ4v) is 2.11. The Labute approximate surface area is 66.2 Å². The van der Waals surface area contributed by atoms with Crippen LogP contribution < -0.4 is 0 Å². The lowest BCUT2D eigenvalue weighted by molar-refractivity contribution is -0.145. The van der Waals surface area contributed by atoms with Crippen LogP contribution in [0.1, 0.15) is 26.2 Å². The first-order chi connectivity index (χ1) is 5.29. The molecule has 0 radical (unpaired) electrons. The number of ether oxygens (including phenoxy) is 1. The fourth-order valence-electron chi connectivity index (χ4n) is 2.11. The highest BCUT2D eigenvalue weighted by Gasteiger charge is 2.37. The lowest BCUT2D eigenvalue weighted by Crippen LogP contribution is -2.24. The smallest absolute Gasteiger partial charge is 0.314 e. The molecule has 2 nitrogen and oxygen atoms in total. The molecule has 0 spiro atoms. The molecule has 2 atom stereocenters. The number of esters is 1. The van der Waals surface area contributed by atoms with Crippen LogP contribution in [0.2, 0.25) is 0 Å². The van der Waals surface area contributed by atoms with Crippen LogP contribution in [0.4, 0.5) is 0 Å². The second kappa shape index (κ2) is 2.36. The monoisotopic (exact) mass is 152 g/mol. The first-order valence-electron chi connectivity index (χ1n) is 4.16. The Morgan fingerprint density at radius 2 is 2.18 bits per heavy atom. The van der Waals surface area contributed by atoms with Crippen LogP contribution in [0.5, 0.6) is 0 Å². The average molecular weight is 152 g/mol. The van der Waals surface area contributed by atoms with Gasteiger partial charge in [0.15, 0.2) is 0 Å². The molecule has 2 aliphatic rings. The number of carbonyl (C=O) groups excluding carboxylic acids is 1. The number of hydrogen-bond acceptors (Lipinski definition) is 2. The highest BCUT2D eigenvalue weighted by Crippen LogP contribution is 2.39. The summed E-state index contributed by atoms with van der Waals surface area (Å²) >= 11 is 0. The van der Waals surface area contributed by atoms with E-state index in [2.05, 4.69) is 6.92 Å². The van der Waals surface area contributed by atoms with Crippen LogP contribution in [0.25, 0.3) is 0 Å². The van der Waals surface area contributed by atoms with Crippen LogP contribution >= 0.6 is 0 Å². The molecule has 2 rings (SSSR count). The van der Waals surface area contributed by atoms with E-state index in [1.165, 1.54) is 18.4 Å². The molecule has 2 heteroatoms. The number of hydrogen-bond donors (Lipinski definition) is 0. The maximum absolute atomic E-state index is 11.2. The van der Waals surface area contributed by atoms with E-state index in [1.807, 2.05) is 0 Å². The second-order valence-corrected chi connectivity index (χ2v) is 3.44. The zero-order valence-corrected chi connectivity index (χ0v) is 6.67. The van der Waals surface area contributed by atoms with Crippen molar-refractivity contribution in [3.05, 3.63) is 11.8 Å². The predicted molar refractivity (Wildman–Crippen MR) is 40.7 cm³/mol. The summed E-state index contributed by atoms with van der Waals surface area (Å²) in [6.45, 7) is 2.05. The number of fused-ring (bicyclic) bond motifs is 1. The van der Waals surface area contributed by atoms with Crippen LogP contribution in [-0.2, 0) is 9.53 Å². The minimum atomic E-state index is -0.0156. The molecule has 0 N–H and O–H groups in total. The van der Waals surface area contributed by atoms with Crippen molar-refractivity contribution < 1.29 is 9.53 Å². The van der Waals surface area contributed by atoms with E-state index in [0.717, 1.165) is 6.42 Å². The second-order valence-electron chi connectivity index (χ2n) is 3.44. The number of cyclic esters (lactones) is 1. The van der Waals surface area contributed by atoms with Gasteiger partial charge in [0.25, 0.3) is 0 Å². The molecule has 1 fully saturated rings. The third-order valence-electron chi connectivity index (χ3n) is 2.76. The average Bonchev–Trinajstić information content (AvgIpc) is 2.45. The van der Waals surface area contributed by atoms with E-state index < -0.39 is 0 Å². The van der Waals surface area contributed by atoms with Crippen molar-refractivity contribution >= 4 is 5.97 Å². The van der Waals surface area contributed by atoms with Gasteiger partial charge in [0.2, 0.25) is 0 Å². The SMILES string of the molecule is CC1=COC(=O)C2CCCC12. The Kier molecular flexibility index (Phi) is 1.48. The van der Waals surface area contributed by atoms with Crippen molar-refractivity contribution in [3.8, 4) is 0 Å². The molecule has 60 valence electrons. The summed E-state index contributed by atoms with van der Waals surface area (Å²) in [4.78, 5) is 11.2. The number of allylic oxidation sites excluding steroid dienone is 1. The van der Waals surface area contributed by atoms with Gasteiger partial charge in [-0.1, -0.05) is 6.42 Å². The summed E-state index contributed by atoms with van der Waals surface area (Å²) in [6, 6.07) is 0. The highest BCUT2D eigenvalue weighted by atomic mass is 16.5. The standard InChI is InChI=1S/C9H12O2/c1-6-5-11-9(10)8-4-2-3-7(6)8/h5,7-8H,2-4H2,1H3. The van der Waals surface area contributed by atoms with Crippen molar-refractivity contribution in [1.82, 2.24) is 0 Å². The minimum absolute atomic E-state index is 0.0156. The number of carbonyl (C=O) groups is 1. The first kappa shape index (κ1) is 6.89. The van der Waals surface area contributed by atoms with E-state index >= 15 is 0 Å². The van der Waals surface area contributed by atoms with E-state index in [-0.39, 0.29) is 11.9 Å². The summed E-state index contributed by atoms with van der Waals surface area (Å²) in [5.74, 6) is 0.661. The molecule has 0 bridgehead atoms. The van der Waals surface area contributed by atoms with Gasteiger partial charge in [0.05, 0.1) is 12.2 Å². The Morgan fingerprint density at radius 3 is 2.91 bits per heavy atom. The van der Waals surface area contributed by atoms with Gasteiger partial charge in [-0.3, -0.25) is 4.79 Å². The molecule has 0 amide bonds. The lowest BCUT2D eigenvalue weighted by atomic mass is 9.89. The van der Waals surface area contributed by atoms with E-state index in [1.54, 1.807) is 6.26 Å². The van der Waals surface area contributed by atoms with Crippen LogP contribution in [0, 0.1) is 11.8 Å². The van der Waals surface area contributed by atoms with Gasteiger partial charge < -0.3 is 4.74 Å². The maximum Gasteiger partial charge on any atom is 0.314 e. The van der Waals surface area contributed by atoms with Gasteiger partial charge >= 0.3 is 5.97 Å². The van der Waals surface area contributed by atoms with Crippen molar-refractivity contribution in [1.29, 1.82) is 0 Å². The van der Waals surface area contributed by atoms with Crippen molar-refractivity contribution in [3.63, 3.8) is 0 Å². The van der Waals surface area contributed by atoms with Crippen LogP contribution in [0.15, 0.2) is 11.8 Å². The Balaban J connectivity index is 2.27. The molecule has 1 heterocycles. The summed E-state index contributed by atoms with van der Waals surface area (Å²) < 4.78 is 4.90. The van der Waals surface area contributed by atoms with Gasteiger partial charge in [-0.2, -0.15) is 0 Å². The third-order valence-corrected chi connectivity index (χ3v) is 2.76. The normalized spacial score (nSPS) is 36.1. The van der Waals surface area contributed by atoms with Gasteiger partial charge in [0.1, 0.15) is 0 Å². The first-order valence-corrected chi connectivity index (χ1v) is 4.16. The van der Waals surface area contributed by atoms with Crippen molar-refractivity contribution in [2.45, 2.75) is 26.2 Å². The maximum atomic E-state index is 11.2. The molecule has 0 saturated heterocycles. The Hall–Kier alpha value is -0.790. The molecule has 1 aliphatic heterocycles. The molecule has 0 aromatic heterocycles. The predicted octanol–water partition coefficient (Wildman–Crippen LogP) is 1.86. The van der Waals surface area contributed by atoms with Gasteiger partial charge in [-0.15, -0.1) is 0 Å².